The van der Waals surface area contributed by atoms with Crippen LogP contribution in [0.5, 0.6) is 0 Å². The van der Waals surface area contributed by atoms with Crippen molar-refractivity contribution >= 4 is 6.29 Å². The first-order valence-corrected chi connectivity index (χ1v) is 5.15. The summed E-state index contributed by atoms with van der Waals surface area (Å²) < 4.78 is 0. The molecule has 0 N–H and O–H groups in total. The highest BCUT2D eigenvalue weighted by Gasteiger charge is 2.15. The van der Waals surface area contributed by atoms with Crippen LogP contribution in [0.1, 0.15) is 40.0 Å². The summed E-state index contributed by atoms with van der Waals surface area (Å²) in [6.07, 6.45) is 6.16. The van der Waals surface area contributed by atoms with Crippen LogP contribution < -0.4 is 0 Å². The standard InChI is InChI=1S/C11H19NO3/c1-10(9-13)5-4-6-11(2,3)7-8-12(14)15/h7-10H,4-6H2,1-3H3/b8-7+. The summed E-state index contributed by atoms with van der Waals surface area (Å²) in [6.45, 7) is 5.80. The van der Waals surface area contributed by atoms with Crippen molar-refractivity contribution in [2.45, 2.75) is 40.0 Å². The van der Waals surface area contributed by atoms with Crippen LogP contribution in [0, 0.1) is 21.4 Å². The van der Waals surface area contributed by atoms with E-state index in [0.29, 0.717) is 0 Å². The Morgan fingerprint density at radius 3 is 2.53 bits per heavy atom. The van der Waals surface area contributed by atoms with Gasteiger partial charge in [0.2, 0.25) is 6.20 Å². The zero-order valence-corrected chi connectivity index (χ0v) is 9.60. The van der Waals surface area contributed by atoms with E-state index in [2.05, 4.69) is 0 Å². The number of rotatable bonds is 7. The maximum atomic E-state index is 10.4. The number of carbonyl (C=O) groups is 1. The van der Waals surface area contributed by atoms with Crippen LogP contribution >= 0.6 is 0 Å². The van der Waals surface area contributed by atoms with Crippen molar-refractivity contribution in [1.82, 2.24) is 0 Å². The maximum absolute atomic E-state index is 10.4. The molecule has 0 bridgehead atoms. The molecule has 0 radical (unpaired) electrons. The fourth-order valence-electron chi connectivity index (χ4n) is 1.29. The summed E-state index contributed by atoms with van der Waals surface area (Å²) in [7, 11) is 0. The Balaban J connectivity index is 3.93. The van der Waals surface area contributed by atoms with E-state index in [4.69, 9.17) is 0 Å². The van der Waals surface area contributed by atoms with Gasteiger partial charge >= 0.3 is 0 Å². The third-order valence-electron chi connectivity index (χ3n) is 2.36. The Bertz CT molecular complexity index is 246. The number of allylic oxidation sites excluding steroid dienone is 1. The van der Waals surface area contributed by atoms with Crippen molar-refractivity contribution in [1.29, 1.82) is 0 Å². The van der Waals surface area contributed by atoms with Gasteiger partial charge in [0, 0.05) is 5.92 Å². The second kappa shape index (κ2) is 6.32. The Labute approximate surface area is 90.5 Å². The molecule has 0 aromatic rings. The molecule has 0 aromatic heterocycles. The first-order valence-electron chi connectivity index (χ1n) is 5.15. The average molecular weight is 213 g/mol. The molecule has 15 heavy (non-hydrogen) atoms. The SMILES string of the molecule is CC(C=O)CCCC(C)(C)/C=C/[N+](=O)[O-]. The lowest BCUT2D eigenvalue weighted by Crippen LogP contribution is -2.09. The minimum Gasteiger partial charge on any atom is -0.303 e. The van der Waals surface area contributed by atoms with E-state index in [9.17, 15) is 14.9 Å². The van der Waals surface area contributed by atoms with Gasteiger partial charge in [-0.3, -0.25) is 10.1 Å². The Morgan fingerprint density at radius 2 is 2.07 bits per heavy atom. The molecule has 0 aliphatic carbocycles. The van der Waals surface area contributed by atoms with E-state index in [1.165, 1.54) is 0 Å². The molecule has 86 valence electrons. The maximum Gasteiger partial charge on any atom is 0.231 e. The Morgan fingerprint density at radius 1 is 1.47 bits per heavy atom. The molecular weight excluding hydrogens is 194 g/mol. The third-order valence-corrected chi connectivity index (χ3v) is 2.36. The number of carbonyl (C=O) groups excluding carboxylic acids is 1. The van der Waals surface area contributed by atoms with Crippen molar-refractivity contribution < 1.29 is 9.72 Å². The highest BCUT2D eigenvalue weighted by Crippen LogP contribution is 2.25. The van der Waals surface area contributed by atoms with E-state index >= 15 is 0 Å². The molecular formula is C11H19NO3. The van der Waals surface area contributed by atoms with Crippen LogP contribution in [0.2, 0.25) is 0 Å². The molecule has 4 heteroatoms. The minimum absolute atomic E-state index is 0.0836. The number of hydrogen-bond acceptors (Lipinski definition) is 3. The van der Waals surface area contributed by atoms with Gasteiger partial charge in [-0.2, -0.15) is 0 Å². The Hall–Kier alpha value is -1.19. The molecule has 0 spiro atoms. The summed E-state index contributed by atoms with van der Waals surface area (Å²) in [4.78, 5) is 20.1. The summed E-state index contributed by atoms with van der Waals surface area (Å²) >= 11 is 0. The van der Waals surface area contributed by atoms with Gasteiger partial charge in [-0.15, -0.1) is 0 Å². The lowest BCUT2D eigenvalue weighted by atomic mass is 9.86. The van der Waals surface area contributed by atoms with Crippen LogP contribution in [0.15, 0.2) is 12.3 Å². The van der Waals surface area contributed by atoms with Gasteiger partial charge in [-0.25, -0.2) is 0 Å². The molecule has 0 heterocycles. The smallest absolute Gasteiger partial charge is 0.231 e. The van der Waals surface area contributed by atoms with Crippen molar-refractivity contribution in [3.8, 4) is 0 Å². The summed E-state index contributed by atoms with van der Waals surface area (Å²) in [5.74, 6) is 0.0836. The van der Waals surface area contributed by atoms with Crippen LogP contribution in [0.4, 0.5) is 0 Å². The van der Waals surface area contributed by atoms with Crippen molar-refractivity contribution in [3.05, 3.63) is 22.4 Å². The number of aldehydes is 1. The molecule has 0 fully saturated rings. The highest BCUT2D eigenvalue weighted by atomic mass is 16.6. The predicted molar refractivity (Wildman–Crippen MR) is 59.0 cm³/mol. The van der Waals surface area contributed by atoms with Gasteiger partial charge < -0.3 is 4.79 Å². The topological polar surface area (TPSA) is 60.2 Å². The molecule has 4 nitrogen and oxygen atoms in total. The van der Waals surface area contributed by atoms with Crippen molar-refractivity contribution in [3.63, 3.8) is 0 Å². The molecule has 1 atom stereocenters. The molecule has 0 aliphatic heterocycles. The zero-order chi connectivity index (χ0) is 11.9. The monoisotopic (exact) mass is 213 g/mol. The fourth-order valence-corrected chi connectivity index (χ4v) is 1.29. The van der Waals surface area contributed by atoms with Gasteiger partial charge in [0.15, 0.2) is 0 Å². The molecule has 0 aromatic carbocycles. The van der Waals surface area contributed by atoms with E-state index < -0.39 is 4.92 Å². The lowest BCUT2D eigenvalue weighted by Gasteiger charge is -2.18. The molecule has 0 amide bonds. The first kappa shape index (κ1) is 13.8. The van der Waals surface area contributed by atoms with E-state index in [-0.39, 0.29) is 11.3 Å². The number of hydrogen-bond donors (Lipinski definition) is 0. The molecule has 0 rings (SSSR count). The number of nitro groups is 1. The molecule has 0 aliphatic rings. The van der Waals surface area contributed by atoms with Crippen LogP contribution in [0.3, 0.4) is 0 Å². The molecule has 0 saturated carbocycles. The van der Waals surface area contributed by atoms with Crippen molar-refractivity contribution in [2.24, 2.45) is 11.3 Å². The summed E-state index contributed by atoms with van der Waals surface area (Å²) in [5.41, 5.74) is -0.171. The van der Waals surface area contributed by atoms with Gasteiger partial charge in [0.05, 0.1) is 4.92 Å². The zero-order valence-electron chi connectivity index (χ0n) is 9.60. The number of nitrogens with zero attached hydrogens (tertiary/aromatic N) is 1. The van der Waals surface area contributed by atoms with Gasteiger partial charge in [-0.05, 0) is 24.3 Å². The van der Waals surface area contributed by atoms with Crippen LogP contribution in [-0.4, -0.2) is 11.2 Å². The largest absolute Gasteiger partial charge is 0.303 e. The average Bonchev–Trinajstić information content (AvgIpc) is 2.14. The fraction of sp³-hybridized carbons (Fsp3) is 0.727. The van der Waals surface area contributed by atoms with Gasteiger partial charge in [-0.1, -0.05) is 27.2 Å². The Kier molecular flexibility index (Phi) is 5.82. The second-order valence-corrected chi connectivity index (χ2v) is 4.60. The van der Waals surface area contributed by atoms with Gasteiger partial charge in [0.1, 0.15) is 6.29 Å². The third kappa shape index (κ3) is 7.85. The minimum atomic E-state index is -0.449. The van der Waals surface area contributed by atoms with E-state index in [1.807, 2.05) is 20.8 Å². The quantitative estimate of drug-likeness (QED) is 0.371. The normalized spacial score (nSPS) is 14.1. The molecule has 1 unspecified atom stereocenters. The summed E-state index contributed by atoms with van der Waals surface area (Å²) in [5, 5.41) is 10.1. The van der Waals surface area contributed by atoms with E-state index in [1.54, 1.807) is 6.08 Å². The summed E-state index contributed by atoms with van der Waals surface area (Å²) in [6, 6.07) is 0. The van der Waals surface area contributed by atoms with E-state index in [0.717, 1.165) is 31.7 Å². The lowest BCUT2D eigenvalue weighted by molar-refractivity contribution is -0.403. The highest BCUT2D eigenvalue weighted by molar-refractivity contribution is 5.52. The van der Waals surface area contributed by atoms with Crippen LogP contribution in [-0.2, 0) is 4.79 Å². The van der Waals surface area contributed by atoms with Gasteiger partial charge in [0.25, 0.3) is 0 Å². The molecule has 0 saturated heterocycles. The first-order chi connectivity index (χ1) is 6.87. The van der Waals surface area contributed by atoms with Crippen molar-refractivity contribution in [2.75, 3.05) is 0 Å². The second-order valence-electron chi connectivity index (χ2n) is 4.60. The predicted octanol–water partition coefficient (Wildman–Crippen LogP) is 2.81. The van der Waals surface area contributed by atoms with Crippen LogP contribution in [0.25, 0.3) is 0 Å².